The van der Waals surface area contributed by atoms with Crippen LogP contribution in [0.1, 0.15) is 25.3 Å². The van der Waals surface area contributed by atoms with E-state index in [1.807, 2.05) is 6.07 Å². The minimum atomic E-state index is -0.218. The number of fused-ring (bicyclic) bond motifs is 2. The van der Waals surface area contributed by atoms with Crippen LogP contribution in [-0.2, 0) is 0 Å². The number of aromatic amines is 1. The number of benzene rings is 1. The van der Waals surface area contributed by atoms with Crippen LogP contribution in [0.15, 0.2) is 18.2 Å². The number of imidazole rings is 1. The molecule has 1 aromatic heterocycles. The molecule has 100 valence electrons. The number of rotatable bonds is 1. The van der Waals surface area contributed by atoms with Crippen molar-refractivity contribution >= 4 is 23.3 Å². The standard InChI is InChI=1S/C14H16FN3S/c15-9-3-4-11-10(8-9)16-14(19)18(11)13-5-7-17-6-1-2-12(13)17/h3-4,8,12-13H,1-2,5-7H2,(H,16,19). The minimum Gasteiger partial charge on any atom is -0.330 e. The quantitative estimate of drug-likeness (QED) is 0.809. The number of H-pyrrole nitrogens is 1. The van der Waals surface area contributed by atoms with E-state index in [-0.39, 0.29) is 5.82 Å². The zero-order valence-electron chi connectivity index (χ0n) is 10.6. The van der Waals surface area contributed by atoms with Crippen molar-refractivity contribution in [3.8, 4) is 0 Å². The molecule has 2 unspecified atom stereocenters. The maximum absolute atomic E-state index is 13.3. The topological polar surface area (TPSA) is 24.0 Å². The normalized spacial score (nSPS) is 27.2. The molecule has 5 heteroatoms. The molecule has 2 atom stereocenters. The molecule has 3 heterocycles. The van der Waals surface area contributed by atoms with Gasteiger partial charge in [0.1, 0.15) is 5.82 Å². The summed E-state index contributed by atoms with van der Waals surface area (Å²) in [5.41, 5.74) is 1.84. The molecule has 1 aromatic carbocycles. The number of nitrogens with zero attached hydrogens (tertiary/aromatic N) is 2. The van der Waals surface area contributed by atoms with E-state index in [9.17, 15) is 4.39 Å². The molecule has 0 aliphatic carbocycles. The Bertz CT molecular complexity index is 690. The van der Waals surface area contributed by atoms with Gasteiger partial charge in [0.25, 0.3) is 0 Å². The SMILES string of the molecule is Fc1ccc2c(c1)[nH]c(=S)n2C1CCN2CCCC12. The fraction of sp³-hybridized carbons (Fsp3) is 0.500. The van der Waals surface area contributed by atoms with E-state index in [2.05, 4.69) is 14.5 Å². The summed E-state index contributed by atoms with van der Waals surface area (Å²) in [4.78, 5) is 5.71. The van der Waals surface area contributed by atoms with Crippen molar-refractivity contribution in [2.75, 3.05) is 13.1 Å². The van der Waals surface area contributed by atoms with Crippen LogP contribution in [0.25, 0.3) is 11.0 Å². The summed E-state index contributed by atoms with van der Waals surface area (Å²) in [7, 11) is 0. The molecular weight excluding hydrogens is 261 g/mol. The van der Waals surface area contributed by atoms with Crippen molar-refractivity contribution in [3.05, 3.63) is 28.8 Å². The molecule has 19 heavy (non-hydrogen) atoms. The molecule has 2 aromatic rings. The summed E-state index contributed by atoms with van der Waals surface area (Å²) in [5.74, 6) is -0.218. The van der Waals surface area contributed by atoms with E-state index in [1.54, 1.807) is 0 Å². The first-order valence-corrected chi connectivity index (χ1v) is 7.29. The summed E-state index contributed by atoms with van der Waals surface area (Å²) in [6.45, 7) is 2.37. The van der Waals surface area contributed by atoms with E-state index in [4.69, 9.17) is 12.2 Å². The highest BCUT2D eigenvalue weighted by Crippen LogP contribution is 2.37. The van der Waals surface area contributed by atoms with E-state index in [0.29, 0.717) is 12.1 Å². The summed E-state index contributed by atoms with van der Waals surface area (Å²) in [5, 5.41) is 0. The minimum absolute atomic E-state index is 0.218. The highest BCUT2D eigenvalue weighted by Gasteiger charge is 2.38. The first kappa shape index (κ1) is 11.6. The molecular formula is C14H16FN3S. The van der Waals surface area contributed by atoms with Crippen LogP contribution in [0, 0.1) is 10.6 Å². The van der Waals surface area contributed by atoms with Gasteiger partial charge >= 0.3 is 0 Å². The van der Waals surface area contributed by atoms with E-state index >= 15 is 0 Å². The average molecular weight is 277 g/mol. The van der Waals surface area contributed by atoms with Gasteiger partial charge in [-0.05, 0) is 56.2 Å². The summed E-state index contributed by atoms with van der Waals surface area (Å²) >= 11 is 5.46. The Morgan fingerprint density at radius 1 is 1.21 bits per heavy atom. The van der Waals surface area contributed by atoms with Gasteiger partial charge in [-0.1, -0.05) is 0 Å². The van der Waals surface area contributed by atoms with Crippen molar-refractivity contribution in [1.82, 2.24) is 14.5 Å². The number of halogens is 1. The van der Waals surface area contributed by atoms with Crippen molar-refractivity contribution in [1.29, 1.82) is 0 Å². The van der Waals surface area contributed by atoms with Gasteiger partial charge in [-0.2, -0.15) is 0 Å². The van der Waals surface area contributed by atoms with Crippen LogP contribution in [0.4, 0.5) is 4.39 Å². The average Bonchev–Trinajstić information content (AvgIpc) is 3.02. The van der Waals surface area contributed by atoms with Gasteiger partial charge in [-0.25, -0.2) is 4.39 Å². The second-order valence-corrected chi connectivity index (χ2v) is 5.95. The maximum Gasteiger partial charge on any atom is 0.178 e. The lowest BCUT2D eigenvalue weighted by molar-refractivity contribution is 0.291. The predicted molar refractivity (Wildman–Crippen MR) is 75.3 cm³/mol. The molecule has 2 aliphatic heterocycles. The van der Waals surface area contributed by atoms with Crippen molar-refractivity contribution in [3.63, 3.8) is 0 Å². The van der Waals surface area contributed by atoms with Gasteiger partial charge in [-0.15, -0.1) is 0 Å². The van der Waals surface area contributed by atoms with Gasteiger partial charge in [-0.3, -0.25) is 4.90 Å². The Balaban J connectivity index is 1.87. The zero-order chi connectivity index (χ0) is 13.0. The van der Waals surface area contributed by atoms with Gasteiger partial charge in [0.05, 0.1) is 17.1 Å². The summed E-state index contributed by atoms with van der Waals surface area (Å²) in [6.07, 6.45) is 3.68. The van der Waals surface area contributed by atoms with Crippen LogP contribution in [0.5, 0.6) is 0 Å². The molecule has 0 radical (unpaired) electrons. The third-order valence-electron chi connectivity index (χ3n) is 4.58. The summed E-state index contributed by atoms with van der Waals surface area (Å²) < 4.78 is 16.2. The monoisotopic (exact) mass is 277 g/mol. The summed E-state index contributed by atoms with van der Waals surface area (Å²) in [6, 6.07) is 5.94. The van der Waals surface area contributed by atoms with Crippen LogP contribution in [0.3, 0.4) is 0 Å². The van der Waals surface area contributed by atoms with E-state index in [0.717, 1.165) is 28.8 Å². The van der Waals surface area contributed by atoms with Crippen molar-refractivity contribution < 1.29 is 4.39 Å². The van der Waals surface area contributed by atoms with Crippen LogP contribution in [-0.4, -0.2) is 33.6 Å². The van der Waals surface area contributed by atoms with E-state index < -0.39 is 0 Å². The number of aromatic nitrogens is 2. The molecule has 0 spiro atoms. The molecule has 3 nitrogen and oxygen atoms in total. The van der Waals surface area contributed by atoms with Crippen molar-refractivity contribution in [2.45, 2.75) is 31.3 Å². The Kier molecular flexibility index (Phi) is 2.53. The van der Waals surface area contributed by atoms with Crippen LogP contribution in [0.2, 0.25) is 0 Å². The third kappa shape index (κ3) is 1.68. The van der Waals surface area contributed by atoms with E-state index in [1.165, 1.54) is 31.5 Å². The second-order valence-electron chi connectivity index (χ2n) is 5.56. The highest BCUT2D eigenvalue weighted by atomic mass is 32.1. The lowest BCUT2D eigenvalue weighted by Crippen LogP contribution is -2.27. The lowest BCUT2D eigenvalue weighted by Gasteiger charge is -2.22. The highest BCUT2D eigenvalue weighted by molar-refractivity contribution is 7.71. The third-order valence-corrected chi connectivity index (χ3v) is 4.88. The smallest absolute Gasteiger partial charge is 0.178 e. The van der Waals surface area contributed by atoms with Gasteiger partial charge in [0.15, 0.2) is 4.77 Å². The zero-order valence-corrected chi connectivity index (χ0v) is 11.4. The number of hydrogen-bond donors (Lipinski definition) is 1. The van der Waals surface area contributed by atoms with Gasteiger partial charge < -0.3 is 9.55 Å². The van der Waals surface area contributed by atoms with Gasteiger partial charge in [0.2, 0.25) is 0 Å². The van der Waals surface area contributed by atoms with Crippen molar-refractivity contribution in [2.24, 2.45) is 0 Å². The molecule has 1 N–H and O–H groups in total. The Morgan fingerprint density at radius 3 is 3.00 bits per heavy atom. The molecule has 0 saturated carbocycles. The Morgan fingerprint density at radius 2 is 2.11 bits per heavy atom. The Labute approximate surface area is 116 Å². The number of nitrogens with one attached hydrogen (secondary N) is 1. The lowest BCUT2D eigenvalue weighted by atomic mass is 10.1. The fourth-order valence-electron chi connectivity index (χ4n) is 3.79. The molecule has 2 fully saturated rings. The maximum atomic E-state index is 13.3. The Hall–Kier alpha value is -1.20. The van der Waals surface area contributed by atoms with Crippen LogP contribution >= 0.6 is 12.2 Å². The first-order chi connectivity index (χ1) is 9.24. The fourth-order valence-corrected chi connectivity index (χ4v) is 4.13. The molecule has 0 amide bonds. The number of hydrogen-bond acceptors (Lipinski definition) is 2. The molecule has 2 saturated heterocycles. The first-order valence-electron chi connectivity index (χ1n) is 6.88. The molecule has 2 aliphatic rings. The largest absolute Gasteiger partial charge is 0.330 e. The predicted octanol–water partition coefficient (Wildman–Crippen LogP) is 3.25. The second kappa shape index (κ2) is 4.15. The molecule has 0 bridgehead atoms. The molecule has 4 rings (SSSR count). The van der Waals surface area contributed by atoms with Crippen LogP contribution < -0.4 is 0 Å². The van der Waals surface area contributed by atoms with Gasteiger partial charge in [0, 0.05) is 12.6 Å².